The van der Waals surface area contributed by atoms with Crippen LogP contribution in [0, 0.1) is 11.8 Å². The van der Waals surface area contributed by atoms with Crippen LogP contribution in [-0.4, -0.2) is 12.6 Å². The molecule has 0 bridgehead atoms. The van der Waals surface area contributed by atoms with Gasteiger partial charge in [-0.2, -0.15) is 0 Å². The van der Waals surface area contributed by atoms with Crippen molar-refractivity contribution in [3.05, 3.63) is 22.4 Å². The highest BCUT2D eigenvalue weighted by Crippen LogP contribution is 2.23. The Morgan fingerprint density at radius 3 is 2.53 bits per heavy atom. The van der Waals surface area contributed by atoms with E-state index in [0.29, 0.717) is 6.04 Å². The molecular weight excluding hydrogens is 202 g/mol. The van der Waals surface area contributed by atoms with Gasteiger partial charge in [0, 0.05) is 10.9 Å². The van der Waals surface area contributed by atoms with Crippen molar-refractivity contribution >= 4 is 11.3 Å². The second-order valence-electron chi connectivity index (χ2n) is 4.54. The van der Waals surface area contributed by atoms with Gasteiger partial charge in [0.1, 0.15) is 0 Å². The molecule has 0 aromatic carbocycles. The second-order valence-corrected chi connectivity index (χ2v) is 5.57. The summed E-state index contributed by atoms with van der Waals surface area (Å²) >= 11 is 1.88. The monoisotopic (exact) mass is 225 g/mol. The van der Waals surface area contributed by atoms with E-state index in [1.54, 1.807) is 0 Å². The van der Waals surface area contributed by atoms with E-state index in [-0.39, 0.29) is 0 Å². The first-order chi connectivity index (χ1) is 7.15. The van der Waals surface area contributed by atoms with Gasteiger partial charge in [-0.25, -0.2) is 0 Å². The van der Waals surface area contributed by atoms with E-state index in [0.717, 1.165) is 18.4 Å². The third kappa shape index (κ3) is 3.96. The predicted octanol–water partition coefficient (Wildman–Crippen LogP) is 3.56. The highest BCUT2D eigenvalue weighted by Gasteiger charge is 2.20. The molecule has 2 heteroatoms. The summed E-state index contributed by atoms with van der Waals surface area (Å²) in [5.74, 6) is 1.48. The normalized spacial score (nSPS) is 15.5. The molecule has 0 amide bonds. The fourth-order valence-electron chi connectivity index (χ4n) is 2.12. The van der Waals surface area contributed by atoms with E-state index in [1.807, 2.05) is 11.3 Å². The standard InChI is InChI=1S/C13H23NS/c1-5-14-11(4)13(10(2)3)9-12-7-6-8-15-12/h6-8,10-11,13-14H,5,9H2,1-4H3. The number of hydrogen-bond acceptors (Lipinski definition) is 2. The van der Waals surface area contributed by atoms with Crippen LogP contribution in [0.15, 0.2) is 17.5 Å². The molecule has 86 valence electrons. The molecular formula is C13H23NS. The SMILES string of the molecule is CCNC(C)C(Cc1cccs1)C(C)C. The summed E-state index contributed by atoms with van der Waals surface area (Å²) in [5.41, 5.74) is 0. The predicted molar refractivity (Wildman–Crippen MR) is 69.5 cm³/mol. The zero-order valence-corrected chi connectivity index (χ0v) is 11.1. The molecule has 1 N–H and O–H groups in total. The molecule has 0 aliphatic rings. The van der Waals surface area contributed by atoms with Gasteiger partial charge in [0.2, 0.25) is 0 Å². The molecule has 0 aliphatic carbocycles. The lowest BCUT2D eigenvalue weighted by Crippen LogP contribution is -2.37. The minimum absolute atomic E-state index is 0.608. The highest BCUT2D eigenvalue weighted by molar-refractivity contribution is 7.09. The Labute approximate surface area is 97.9 Å². The van der Waals surface area contributed by atoms with Gasteiger partial charge in [0.05, 0.1) is 0 Å². The molecule has 0 spiro atoms. The van der Waals surface area contributed by atoms with Gasteiger partial charge in [-0.3, -0.25) is 0 Å². The molecule has 15 heavy (non-hydrogen) atoms. The lowest BCUT2D eigenvalue weighted by Gasteiger charge is -2.27. The molecule has 1 nitrogen and oxygen atoms in total. The van der Waals surface area contributed by atoms with Crippen LogP contribution >= 0.6 is 11.3 Å². The zero-order valence-electron chi connectivity index (χ0n) is 10.3. The van der Waals surface area contributed by atoms with Crippen LogP contribution in [-0.2, 0) is 6.42 Å². The van der Waals surface area contributed by atoms with Crippen LogP contribution in [0.25, 0.3) is 0 Å². The van der Waals surface area contributed by atoms with Crippen molar-refractivity contribution in [1.82, 2.24) is 5.32 Å². The Balaban J connectivity index is 2.58. The number of nitrogens with one attached hydrogen (secondary N) is 1. The molecule has 1 aromatic heterocycles. The first-order valence-electron chi connectivity index (χ1n) is 5.91. The van der Waals surface area contributed by atoms with Crippen molar-refractivity contribution in [2.45, 2.75) is 40.2 Å². The Bertz CT molecular complexity index is 254. The van der Waals surface area contributed by atoms with Crippen molar-refractivity contribution in [2.24, 2.45) is 11.8 Å². The van der Waals surface area contributed by atoms with Gasteiger partial charge >= 0.3 is 0 Å². The van der Waals surface area contributed by atoms with Crippen LogP contribution in [0.1, 0.15) is 32.6 Å². The van der Waals surface area contributed by atoms with Crippen molar-refractivity contribution < 1.29 is 0 Å². The minimum Gasteiger partial charge on any atom is -0.314 e. The molecule has 1 aromatic rings. The minimum atomic E-state index is 0.608. The Morgan fingerprint density at radius 2 is 2.07 bits per heavy atom. The number of rotatable bonds is 6. The Hall–Kier alpha value is -0.340. The van der Waals surface area contributed by atoms with Gasteiger partial charge in [0.25, 0.3) is 0 Å². The number of thiophene rings is 1. The summed E-state index contributed by atoms with van der Waals surface area (Å²) in [5, 5.41) is 5.72. The topological polar surface area (TPSA) is 12.0 Å². The van der Waals surface area contributed by atoms with Gasteiger partial charge in [0.15, 0.2) is 0 Å². The molecule has 0 saturated heterocycles. The average molecular weight is 225 g/mol. The Kier molecular flexibility index (Phi) is 5.34. The van der Waals surface area contributed by atoms with Crippen LogP contribution in [0.5, 0.6) is 0 Å². The van der Waals surface area contributed by atoms with Crippen LogP contribution in [0.4, 0.5) is 0 Å². The summed E-state index contributed by atoms with van der Waals surface area (Å²) in [6.07, 6.45) is 1.21. The van der Waals surface area contributed by atoms with Crippen molar-refractivity contribution in [3.63, 3.8) is 0 Å². The van der Waals surface area contributed by atoms with Crippen LogP contribution in [0.3, 0.4) is 0 Å². The lowest BCUT2D eigenvalue weighted by atomic mass is 9.86. The third-order valence-electron chi connectivity index (χ3n) is 3.04. The van der Waals surface area contributed by atoms with E-state index in [4.69, 9.17) is 0 Å². The zero-order chi connectivity index (χ0) is 11.3. The second kappa shape index (κ2) is 6.29. The first-order valence-corrected chi connectivity index (χ1v) is 6.78. The fourth-order valence-corrected chi connectivity index (χ4v) is 2.90. The van der Waals surface area contributed by atoms with E-state index < -0.39 is 0 Å². The van der Waals surface area contributed by atoms with Gasteiger partial charge in [-0.15, -0.1) is 11.3 Å². The fraction of sp³-hybridized carbons (Fsp3) is 0.692. The van der Waals surface area contributed by atoms with Crippen LogP contribution < -0.4 is 5.32 Å². The van der Waals surface area contributed by atoms with Crippen LogP contribution in [0.2, 0.25) is 0 Å². The molecule has 2 unspecified atom stereocenters. The van der Waals surface area contributed by atoms with E-state index >= 15 is 0 Å². The molecule has 1 rings (SSSR count). The maximum absolute atomic E-state index is 3.54. The number of hydrogen-bond donors (Lipinski definition) is 1. The van der Waals surface area contributed by atoms with Crippen molar-refractivity contribution in [2.75, 3.05) is 6.54 Å². The van der Waals surface area contributed by atoms with E-state index in [2.05, 4.69) is 50.5 Å². The summed E-state index contributed by atoms with van der Waals surface area (Å²) in [4.78, 5) is 1.51. The quantitative estimate of drug-likeness (QED) is 0.780. The van der Waals surface area contributed by atoms with Crippen molar-refractivity contribution in [1.29, 1.82) is 0 Å². The van der Waals surface area contributed by atoms with E-state index in [1.165, 1.54) is 11.3 Å². The lowest BCUT2D eigenvalue weighted by molar-refractivity contribution is 0.293. The van der Waals surface area contributed by atoms with Gasteiger partial charge < -0.3 is 5.32 Å². The summed E-state index contributed by atoms with van der Waals surface area (Å²) < 4.78 is 0. The van der Waals surface area contributed by atoms with Gasteiger partial charge in [-0.1, -0.05) is 26.8 Å². The summed E-state index contributed by atoms with van der Waals surface area (Å²) in [7, 11) is 0. The van der Waals surface area contributed by atoms with Gasteiger partial charge in [-0.05, 0) is 43.2 Å². The molecule has 0 radical (unpaired) electrons. The summed E-state index contributed by atoms with van der Waals surface area (Å²) in [6, 6.07) is 5.01. The third-order valence-corrected chi connectivity index (χ3v) is 3.94. The molecule has 0 saturated carbocycles. The Morgan fingerprint density at radius 1 is 1.33 bits per heavy atom. The molecule has 0 fully saturated rings. The molecule has 2 atom stereocenters. The first kappa shape index (κ1) is 12.7. The smallest absolute Gasteiger partial charge is 0.00727 e. The molecule has 1 heterocycles. The van der Waals surface area contributed by atoms with E-state index in [9.17, 15) is 0 Å². The maximum Gasteiger partial charge on any atom is 0.00727 e. The maximum atomic E-state index is 3.54. The largest absolute Gasteiger partial charge is 0.314 e. The van der Waals surface area contributed by atoms with Crippen molar-refractivity contribution in [3.8, 4) is 0 Å². The summed E-state index contributed by atoms with van der Waals surface area (Å²) in [6.45, 7) is 10.2. The average Bonchev–Trinajstić information content (AvgIpc) is 2.66. The highest BCUT2D eigenvalue weighted by atomic mass is 32.1. The molecule has 0 aliphatic heterocycles.